The molecule has 2 aromatic carbocycles. The molecule has 0 fully saturated rings. The van der Waals surface area contributed by atoms with E-state index in [1.54, 1.807) is 0 Å². The first-order valence-corrected chi connectivity index (χ1v) is 5.88. The molecular weight excluding hydrogens is 210 g/mol. The lowest BCUT2D eigenvalue weighted by Gasteiger charge is -2.06. The molecule has 88 valence electrons. The molecular formula is C15H17NO. The summed E-state index contributed by atoms with van der Waals surface area (Å²) in [6.07, 6.45) is 1.03. The third kappa shape index (κ3) is 3.00. The van der Waals surface area contributed by atoms with Gasteiger partial charge in [-0.05, 0) is 41.8 Å². The lowest BCUT2D eigenvalue weighted by atomic mass is 10.1. The van der Waals surface area contributed by atoms with Gasteiger partial charge in [0.25, 0.3) is 0 Å². The van der Waals surface area contributed by atoms with Crippen molar-refractivity contribution in [2.75, 3.05) is 12.3 Å². The van der Waals surface area contributed by atoms with Gasteiger partial charge in [-0.3, -0.25) is 0 Å². The molecule has 0 bridgehead atoms. The van der Waals surface area contributed by atoms with Gasteiger partial charge in [0, 0.05) is 5.69 Å². The highest BCUT2D eigenvalue weighted by molar-refractivity contribution is 5.66. The number of ether oxygens (including phenoxy) is 1. The number of rotatable bonds is 4. The van der Waals surface area contributed by atoms with Crippen LogP contribution in [0, 0.1) is 0 Å². The molecule has 2 N–H and O–H groups in total. The molecule has 2 nitrogen and oxygen atoms in total. The number of nitrogens with two attached hydrogens (primary N) is 1. The SMILES string of the molecule is CCCOc1ccc(-c2ccc(N)cc2)cc1. The molecule has 0 saturated carbocycles. The minimum atomic E-state index is 0.765. The summed E-state index contributed by atoms with van der Waals surface area (Å²) in [7, 11) is 0. The van der Waals surface area contributed by atoms with Crippen LogP contribution in [-0.2, 0) is 0 Å². The number of hydrogen-bond acceptors (Lipinski definition) is 2. The second-order valence-corrected chi connectivity index (χ2v) is 3.99. The maximum absolute atomic E-state index is 5.66. The summed E-state index contributed by atoms with van der Waals surface area (Å²) in [6, 6.07) is 16.0. The first-order chi connectivity index (χ1) is 8.29. The summed E-state index contributed by atoms with van der Waals surface area (Å²) in [4.78, 5) is 0. The van der Waals surface area contributed by atoms with Crippen molar-refractivity contribution in [2.45, 2.75) is 13.3 Å². The topological polar surface area (TPSA) is 35.2 Å². The Morgan fingerprint density at radius 3 is 1.94 bits per heavy atom. The molecule has 0 amide bonds. The van der Waals surface area contributed by atoms with E-state index in [1.807, 2.05) is 36.4 Å². The van der Waals surface area contributed by atoms with Crippen LogP contribution in [-0.4, -0.2) is 6.61 Å². The van der Waals surface area contributed by atoms with Gasteiger partial charge in [0.05, 0.1) is 6.61 Å². The monoisotopic (exact) mass is 227 g/mol. The Hall–Kier alpha value is -1.96. The van der Waals surface area contributed by atoms with E-state index in [0.717, 1.165) is 24.5 Å². The Morgan fingerprint density at radius 1 is 0.882 bits per heavy atom. The highest BCUT2D eigenvalue weighted by atomic mass is 16.5. The largest absolute Gasteiger partial charge is 0.494 e. The third-order valence-corrected chi connectivity index (χ3v) is 2.57. The van der Waals surface area contributed by atoms with Gasteiger partial charge in [-0.1, -0.05) is 31.2 Å². The molecule has 0 aliphatic carbocycles. The standard InChI is InChI=1S/C15H17NO/c1-2-11-17-15-9-5-13(6-10-15)12-3-7-14(16)8-4-12/h3-10H,2,11,16H2,1H3. The molecule has 0 unspecified atom stereocenters. The zero-order valence-corrected chi connectivity index (χ0v) is 10.0. The first kappa shape index (κ1) is 11.5. The molecule has 2 heteroatoms. The van der Waals surface area contributed by atoms with Crippen molar-refractivity contribution in [1.82, 2.24) is 0 Å². The average molecular weight is 227 g/mol. The van der Waals surface area contributed by atoms with Gasteiger partial charge >= 0.3 is 0 Å². The van der Waals surface area contributed by atoms with Crippen LogP contribution < -0.4 is 10.5 Å². The van der Waals surface area contributed by atoms with Gasteiger partial charge in [0.2, 0.25) is 0 Å². The molecule has 0 heterocycles. The van der Waals surface area contributed by atoms with E-state index in [-0.39, 0.29) is 0 Å². The van der Waals surface area contributed by atoms with E-state index in [1.165, 1.54) is 11.1 Å². The third-order valence-electron chi connectivity index (χ3n) is 2.57. The average Bonchev–Trinajstić information content (AvgIpc) is 2.38. The normalized spacial score (nSPS) is 10.2. The Labute approximate surface area is 102 Å². The van der Waals surface area contributed by atoms with Crippen LogP contribution in [0.2, 0.25) is 0 Å². The molecule has 17 heavy (non-hydrogen) atoms. The van der Waals surface area contributed by atoms with Gasteiger partial charge < -0.3 is 10.5 Å². The van der Waals surface area contributed by atoms with E-state index in [4.69, 9.17) is 10.5 Å². The van der Waals surface area contributed by atoms with Gasteiger partial charge in [-0.25, -0.2) is 0 Å². The van der Waals surface area contributed by atoms with Crippen LogP contribution in [0.4, 0.5) is 5.69 Å². The van der Waals surface area contributed by atoms with Gasteiger partial charge in [-0.2, -0.15) is 0 Å². The van der Waals surface area contributed by atoms with Crippen molar-refractivity contribution >= 4 is 5.69 Å². The van der Waals surface area contributed by atoms with E-state index in [2.05, 4.69) is 19.1 Å². The fourth-order valence-corrected chi connectivity index (χ4v) is 1.64. The lowest BCUT2D eigenvalue weighted by molar-refractivity contribution is 0.317. The van der Waals surface area contributed by atoms with E-state index < -0.39 is 0 Å². The highest BCUT2D eigenvalue weighted by Crippen LogP contribution is 2.23. The summed E-state index contributed by atoms with van der Waals surface area (Å²) in [5, 5.41) is 0. The molecule has 2 aromatic rings. The van der Waals surface area contributed by atoms with Crippen molar-refractivity contribution < 1.29 is 4.74 Å². The minimum absolute atomic E-state index is 0.765. The van der Waals surface area contributed by atoms with E-state index in [9.17, 15) is 0 Å². The minimum Gasteiger partial charge on any atom is -0.494 e. The fraction of sp³-hybridized carbons (Fsp3) is 0.200. The predicted molar refractivity (Wildman–Crippen MR) is 72.1 cm³/mol. The maximum atomic E-state index is 5.66. The molecule has 0 radical (unpaired) electrons. The highest BCUT2D eigenvalue weighted by Gasteiger charge is 1.98. The summed E-state index contributed by atoms with van der Waals surface area (Å²) < 4.78 is 5.55. The van der Waals surface area contributed by atoms with Gasteiger partial charge in [-0.15, -0.1) is 0 Å². The molecule has 0 saturated heterocycles. The van der Waals surface area contributed by atoms with E-state index >= 15 is 0 Å². The molecule has 2 rings (SSSR count). The molecule has 0 aliphatic heterocycles. The Kier molecular flexibility index (Phi) is 3.66. The van der Waals surface area contributed by atoms with Gasteiger partial charge in [0.15, 0.2) is 0 Å². The quantitative estimate of drug-likeness (QED) is 0.808. The Balaban J connectivity index is 2.14. The van der Waals surface area contributed by atoms with Crippen LogP contribution >= 0.6 is 0 Å². The van der Waals surface area contributed by atoms with Crippen LogP contribution in [0.1, 0.15) is 13.3 Å². The number of anilines is 1. The van der Waals surface area contributed by atoms with Crippen molar-refractivity contribution in [2.24, 2.45) is 0 Å². The van der Waals surface area contributed by atoms with Crippen molar-refractivity contribution in [3.05, 3.63) is 48.5 Å². The zero-order valence-electron chi connectivity index (χ0n) is 10.0. The van der Waals surface area contributed by atoms with Crippen LogP contribution in [0.15, 0.2) is 48.5 Å². The number of benzene rings is 2. The lowest BCUT2D eigenvalue weighted by Crippen LogP contribution is -1.94. The van der Waals surface area contributed by atoms with Gasteiger partial charge in [0.1, 0.15) is 5.75 Å². The molecule has 0 atom stereocenters. The van der Waals surface area contributed by atoms with Crippen LogP contribution in [0.3, 0.4) is 0 Å². The van der Waals surface area contributed by atoms with Crippen LogP contribution in [0.5, 0.6) is 5.75 Å². The second-order valence-electron chi connectivity index (χ2n) is 3.99. The van der Waals surface area contributed by atoms with Crippen LogP contribution in [0.25, 0.3) is 11.1 Å². The summed E-state index contributed by atoms with van der Waals surface area (Å²) >= 11 is 0. The zero-order chi connectivity index (χ0) is 12.1. The fourth-order valence-electron chi connectivity index (χ4n) is 1.64. The molecule has 0 aromatic heterocycles. The molecule has 0 spiro atoms. The first-order valence-electron chi connectivity index (χ1n) is 5.88. The maximum Gasteiger partial charge on any atom is 0.119 e. The smallest absolute Gasteiger partial charge is 0.119 e. The Bertz CT molecular complexity index is 459. The summed E-state index contributed by atoms with van der Waals surface area (Å²) in [6.45, 7) is 2.87. The number of hydrogen-bond donors (Lipinski definition) is 1. The summed E-state index contributed by atoms with van der Waals surface area (Å²) in [5.74, 6) is 0.922. The predicted octanol–water partition coefficient (Wildman–Crippen LogP) is 3.72. The Morgan fingerprint density at radius 2 is 1.41 bits per heavy atom. The van der Waals surface area contributed by atoms with Crippen molar-refractivity contribution in [3.8, 4) is 16.9 Å². The number of nitrogen functional groups attached to an aromatic ring is 1. The van der Waals surface area contributed by atoms with Crippen molar-refractivity contribution in [1.29, 1.82) is 0 Å². The molecule has 0 aliphatic rings. The van der Waals surface area contributed by atoms with Crippen molar-refractivity contribution in [3.63, 3.8) is 0 Å². The second kappa shape index (κ2) is 5.39. The van der Waals surface area contributed by atoms with E-state index in [0.29, 0.717) is 0 Å². The summed E-state index contributed by atoms with van der Waals surface area (Å²) in [5.41, 5.74) is 8.79.